The lowest BCUT2D eigenvalue weighted by molar-refractivity contribution is 0.454. The Kier molecular flexibility index (Phi) is 2.10. The van der Waals surface area contributed by atoms with Gasteiger partial charge in [-0.2, -0.15) is 0 Å². The summed E-state index contributed by atoms with van der Waals surface area (Å²) in [6, 6.07) is 3.69. The molecule has 0 N–H and O–H groups in total. The molecule has 0 amide bonds. The van der Waals surface area contributed by atoms with Crippen LogP contribution < -0.4 is 0 Å². The quantitative estimate of drug-likeness (QED) is 0.690. The first kappa shape index (κ1) is 8.37. The zero-order valence-corrected chi connectivity index (χ0v) is 8.09. The standard InChI is InChI=1S/C8H8N2O2S/c1-5-9-10-8(11-5)6-3-4-7(12-6)13-2/h3-4H,1-2H3. The van der Waals surface area contributed by atoms with E-state index in [0.717, 1.165) is 5.09 Å². The minimum absolute atomic E-state index is 0.429. The Balaban J connectivity index is 2.35. The number of thioether (sulfide) groups is 1. The molecule has 0 aliphatic rings. The summed E-state index contributed by atoms with van der Waals surface area (Å²) in [7, 11) is 0. The Morgan fingerprint density at radius 3 is 2.62 bits per heavy atom. The molecule has 2 aromatic heterocycles. The normalized spacial score (nSPS) is 10.6. The number of hydrogen-bond acceptors (Lipinski definition) is 5. The number of aromatic nitrogens is 2. The lowest BCUT2D eigenvalue weighted by Gasteiger charge is -1.87. The predicted molar refractivity (Wildman–Crippen MR) is 48.5 cm³/mol. The van der Waals surface area contributed by atoms with Crippen molar-refractivity contribution in [3.63, 3.8) is 0 Å². The Hall–Kier alpha value is -1.23. The van der Waals surface area contributed by atoms with Gasteiger partial charge in [-0.15, -0.1) is 10.2 Å². The van der Waals surface area contributed by atoms with Crippen LogP contribution in [0.15, 0.2) is 26.1 Å². The number of nitrogens with zero attached hydrogens (tertiary/aromatic N) is 2. The Bertz CT molecular complexity index is 408. The minimum atomic E-state index is 0.429. The summed E-state index contributed by atoms with van der Waals surface area (Å²) < 4.78 is 10.6. The number of rotatable bonds is 2. The van der Waals surface area contributed by atoms with Gasteiger partial charge >= 0.3 is 0 Å². The second kappa shape index (κ2) is 3.26. The van der Waals surface area contributed by atoms with Crippen molar-refractivity contribution >= 4 is 11.8 Å². The first-order valence-corrected chi connectivity index (χ1v) is 4.96. The fraction of sp³-hybridized carbons (Fsp3) is 0.250. The Morgan fingerprint density at radius 1 is 1.23 bits per heavy atom. The van der Waals surface area contributed by atoms with Crippen molar-refractivity contribution in [3.8, 4) is 11.7 Å². The van der Waals surface area contributed by atoms with Gasteiger partial charge in [0.25, 0.3) is 5.89 Å². The largest absolute Gasteiger partial charge is 0.445 e. The van der Waals surface area contributed by atoms with E-state index in [1.807, 2.05) is 18.4 Å². The van der Waals surface area contributed by atoms with E-state index in [1.54, 1.807) is 6.92 Å². The molecule has 0 radical (unpaired) electrons. The van der Waals surface area contributed by atoms with Crippen molar-refractivity contribution in [1.82, 2.24) is 10.2 Å². The van der Waals surface area contributed by atoms with Gasteiger partial charge in [0.1, 0.15) is 0 Å². The second-order valence-corrected chi connectivity index (χ2v) is 3.26. The smallest absolute Gasteiger partial charge is 0.283 e. The van der Waals surface area contributed by atoms with Gasteiger partial charge in [-0.25, -0.2) is 0 Å². The maximum absolute atomic E-state index is 5.40. The summed E-state index contributed by atoms with van der Waals surface area (Å²) >= 11 is 1.53. The summed E-state index contributed by atoms with van der Waals surface area (Å²) in [6.07, 6.45) is 1.95. The molecule has 0 unspecified atom stereocenters. The van der Waals surface area contributed by atoms with Crippen molar-refractivity contribution < 1.29 is 8.83 Å². The van der Waals surface area contributed by atoms with Crippen molar-refractivity contribution in [2.45, 2.75) is 12.0 Å². The average molecular weight is 196 g/mol. The van der Waals surface area contributed by atoms with Crippen LogP contribution in [0.4, 0.5) is 0 Å². The molecule has 2 aromatic rings. The lowest BCUT2D eigenvalue weighted by Crippen LogP contribution is -1.72. The van der Waals surface area contributed by atoms with Crippen LogP contribution >= 0.6 is 11.8 Å². The van der Waals surface area contributed by atoms with Crippen LogP contribution in [0.1, 0.15) is 5.89 Å². The van der Waals surface area contributed by atoms with E-state index in [0.29, 0.717) is 17.5 Å². The van der Waals surface area contributed by atoms with Gasteiger partial charge in [-0.05, 0) is 18.4 Å². The molecule has 0 bridgehead atoms. The third kappa shape index (κ3) is 1.60. The van der Waals surface area contributed by atoms with Crippen LogP contribution in [0.2, 0.25) is 0 Å². The molecule has 4 nitrogen and oxygen atoms in total. The number of furan rings is 1. The molecule has 5 heteroatoms. The van der Waals surface area contributed by atoms with E-state index in [-0.39, 0.29) is 0 Å². The highest BCUT2D eigenvalue weighted by molar-refractivity contribution is 7.98. The summed E-state index contributed by atoms with van der Waals surface area (Å²) in [5.74, 6) is 1.58. The molecule has 0 aliphatic heterocycles. The van der Waals surface area contributed by atoms with Gasteiger partial charge in [0.05, 0.1) is 0 Å². The molecule has 13 heavy (non-hydrogen) atoms. The van der Waals surface area contributed by atoms with Crippen LogP contribution in [0, 0.1) is 6.92 Å². The summed E-state index contributed by atoms with van der Waals surface area (Å²) in [5, 5.41) is 8.40. The molecule has 2 heterocycles. The topological polar surface area (TPSA) is 52.1 Å². The third-order valence-corrected chi connectivity index (χ3v) is 2.14. The molecule has 0 aromatic carbocycles. The van der Waals surface area contributed by atoms with Crippen molar-refractivity contribution in [1.29, 1.82) is 0 Å². The maximum atomic E-state index is 5.40. The molecule has 68 valence electrons. The molecule has 0 spiro atoms. The average Bonchev–Trinajstić information content (AvgIpc) is 2.71. The maximum Gasteiger partial charge on any atom is 0.283 e. The van der Waals surface area contributed by atoms with Crippen molar-refractivity contribution in [2.75, 3.05) is 6.26 Å². The Morgan fingerprint density at radius 2 is 2.08 bits per heavy atom. The van der Waals surface area contributed by atoms with E-state index in [9.17, 15) is 0 Å². The molecule has 0 aliphatic carbocycles. The van der Waals surface area contributed by atoms with Gasteiger partial charge in [-0.3, -0.25) is 0 Å². The highest BCUT2D eigenvalue weighted by Crippen LogP contribution is 2.25. The van der Waals surface area contributed by atoms with Crippen molar-refractivity contribution in [2.24, 2.45) is 0 Å². The van der Waals surface area contributed by atoms with E-state index < -0.39 is 0 Å². The van der Waals surface area contributed by atoms with E-state index in [4.69, 9.17) is 8.83 Å². The van der Waals surface area contributed by atoms with Gasteiger partial charge < -0.3 is 8.83 Å². The van der Waals surface area contributed by atoms with Gasteiger partial charge in [0, 0.05) is 6.92 Å². The number of hydrogen-bond donors (Lipinski definition) is 0. The Labute approximate surface area is 79.3 Å². The van der Waals surface area contributed by atoms with E-state index in [1.165, 1.54) is 11.8 Å². The first-order chi connectivity index (χ1) is 6.29. The molecule has 0 saturated carbocycles. The van der Waals surface area contributed by atoms with Gasteiger partial charge in [-0.1, -0.05) is 11.8 Å². The zero-order valence-electron chi connectivity index (χ0n) is 7.27. The highest BCUT2D eigenvalue weighted by atomic mass is 32.2. The molecular formula is C8H8N2O2S. The molecular weight excluding hydrogens is 188 g/mol. The molecule has 2 rings (SSSR count). The second-order valence-electron chi connectivity index (χ2n) is 2.45. The summed E-state index contributed by atoms with van der Waals surface area (Å²) in [5.41, 5.74) is 0. The highest BCUT2D eigenvalue weighted by Gasteiger charge is 2.09. The van der Waals surface area contributed by atoms with Crippen LogP contribution in [0.25, 0.3) is 11.7 Å². The third-order valence-electron chi connectivity index (χ3n) is 1.52. The monoisotopic (exact) mass is 196 g/mol. The fourth-order valence-corrected chi connectivity index (χ4v) is 1.32. The van der Waals surface area contributed by atoms with E-state index in [2.05, 4.69) is 10.2 Å². The minimum Gasteiger partial charge on any atom is -0.445 e. The van der Waals surface area contributed by atoms with Crippen LogP contribution in [-0.4, -0.2) is 16.5 Å². The zero-order chi connectivity index (χ0) is 9.26. The van der Waals surface area contributed by atoms with Crippen molar-refractivity contribution in [3.05, 3.63) is 18.0 Å². The van der Waals surface area contributed by atoms with Crippen LogP contribution in [0.5, 0.6) is 0 Å². The SMILES string of the molecule is CSc1ccc(-c2nnc(C)o2)o1. The lowest BCUT2D eigenvalue weighted by atomic mass is 10.5. The first-order valence-electron chi connectivity index (χ1n) is 3.74. The predicted octanol–water partition coefficient (Wildman–Crippen LogP) is 2.36. The summed E-state index contributed by atoms with van der Waals surface area (Å²) in [4.78, 5) is 0. The van der Waals surface area contributed by atoms with Crippen LogP contribution in [-0.2, 0) is 0 Å². The van der Waals surface area contributed by atoms with Gasteiger partial charge in [0.15, 0.2) is 10.9 Å². The molecule has 0 fully saturated rings. The van der Waals surface area contributed by atoms with E-state index >= 15 is 0 Å². The molecule has 0 atom stereocenters. The number of aryl methyl sites for hydroxylation is 1. The fourth-order valence-electron chi connectivity index (χ4n) is 0.941. The summed E-state index contributed by atoms with van der Waals surface area (Å²) in [6.45, 7) is 1.74. The van der Waals surface area contributed by atoms with Crippen LogP contribution in [0.3, 0.4) is 0 Å². The van der Waals surface area contributed by atoms with Gasteiger partial charge in [0.2, 0.25) is 5.89 Å². The molecule has 0 saturated heterocycles.